The van der Waals surface area contributed by atoms with Crippen molar-refractivity contribution >= 4 is 23.5 Å². The Morgan fingerprint density at radius 2 is 2.03 bits per heavy atom. The minimum atomic E-state index is -0.676. The molecule has 4 rings (SSSR count). The van der Waals surface area contributed by atoms with Gasteiger partial charge in [0.15, 0.2) is 5.82 Å². The lowest BCUT2D eigenvalue weighted by atomic mass is 9.94. The monoisotopic (exact) mass is 440 g/mol. The molecule has 3 atom stereocenters. The van der Waals surface area contributed by atoms with Crippen LogP contribution >= 0.6 is 0 Å². The first-order valence-electron chi connectivity index (χ1n) is 10.6. The molecule has 32 heavy (non-hydrogen) atoms. The summed E-state index contributed by atoms with van der Waals surface area (Å²) >= 11 is 0. The number of carbonyl (C=O) groups excluding carboxylic acids is 2. The second kappa shape index (κ2) is 8.86. The largest absolute Gasteiger partial charge is 0.446 e. The molecule has 3 N–H and O–H groups in total. The molecule has 2 heterocycles. The number of anilines is 2. The molecule has 1 aliphatic carbocycles. The number of nitrogens with zero attached hydrogens (tertiary/aromatic N) is 4. The zero-order valence-electron chi connectivity index (χ0n) is 17.7. The number of ether oxygens (including phenoxy) is 1. The summed E-state index contributed by atoms with van der Waals surface area (Å²) in [5.41, 5.74) is 6.21. The molecule has 2 fully saturated rings. The summed E-state index contributed by atoms with van der Waals surface area (Å²) in [5.74, 6) is -0.936. The van der Waals surface area contributed by atoms with E-state index in [0.717, 1.165) is 12.8 Å². The van der Waals surface area contributed by atoms with Crippen LogP contribution in [0.25, 0.3) is 0 Å². The number of nitriles is 1. The lowest BCUT2D eigenvalue weighted by Gasteiger charge is -2.35. The zero-order valence-corrected chi connectivity index (χ0v) is 17.7. The molecule has 1 aromatic heterocycles. The lowest BCUT2D eigenvalue weighted by molar-refractivity contribution is 0.0453. The Labute approximate surface area is 184 Å². The summed E-state index contributed by atoms with van der Waals surface area (Å²) in [4.78, 5) is 26.0. The number of aromatic nitrogens is 2. The van der Waals surface area contributed by atoms with Crippen molar-refractivity contribution in [2.24, 2.45) is 17.6 Å². The van der Waals surface area contributed by atoms with Gasteiger partial charge in [0.05, 0.1) is 18.0 Å². The quantitative estimate of drug-likeness (QED) is 0.710. The highest BCUT2D eigenvalue weighted by Gasteiger charge is 2.37. The third-order valence-corrected chi connectivity index (χ3v) is 6.02. The van der Waals surface area contributed by atoms with Crippen LogP contribution in [0, 0.1) is 29.0 Å². The minimum Gasteiger partial charge on any atom is -0.446 e. The highest BCUT2D eigenvalue weighted by molar-refractivity contribution is 5.98. The number of piperidine rings is 1. The number of benzene rings is 1. The van der Waals surface area contributed by atoms with E-state index in [-0.39, 0.29) is 35.9 Å². The van der Waals surface area contributed by atoms with Crippen molar-refractivity contribution in [2.45, 2.75) is 38.3 Å². The molecule has 10 heteroatoms. The van der Waals surface area contributed by atoms with Crippen LogP contribution in [0.1, 0.15) is 42.6 Å². The summed E-state index contributed by atoms with van der Waals surface area (Å²) in [7, 11) is 0. The fourth-order valence-corrected chi connectivity index (χ4v) is 3.95. The van der Waals surface area contributed by atoms with Crippen molar-refractivity contribution in [3.8, 4) is 6.07 Å². The predicted molar refractivity (Wildman–Crippen MR) is 113 cm³/mol. The average molecular weight is 440 g/mol. The standard InChI is InChI=1S/C22H25FN6O3/c1-13(14-2-3-14)32-22(31)28-9-8-19(15(10-24)11-28)29-12-18(20(25)30)21(27-29)26-17-6-4-16(23)5-7-17/h4-7,12-15,19H,2-3,8-9,11H2,1H3,(H2,25,30)(H,26,27)/t13?,15-,19-/m1/s1. The van der Waals surface area contributed by atoms with E-state index in [9.17, 15) is 19.2 Å². The van der Waals surface area contributed by atoms with Crippen LogP contribution in [0.2, 0.25) is 0 Å². The Bertz CT molecular complexity index is 1040. The smallest absolute Gasteiger partial charge is 0.410 e. The highest BCUT2D eigenvalue weighted by Crippen LogP contribution is 2.35. The summed E-state index contributed by atoms with van der Waals surface area (Å²) in [6.07, 6.45) is 3.61. The Morgan fingerprint density at radius 3 is 2.66 bits per heavy atom. The van der Waals surface area contributed by atoms with Crippen LogP contribution in [0.5, 0.6) is 0 Å². The van der Waals surface area contributed by atoms with Gasteiger partial charge in [-0.05, 0) is 56.4 Å². The second-order valence-electron chi connectivity index (χ2n) is 8.33. The molecule has 1 unspecified atom stereocenters. The molecule has 1 saturated heterocycles. The van der Waals surface area contributed by atoms with E-state index < -0.39 is 17.9 Å². The third-order valence-electron chi connectivity index (χ3n) is 6.02. The van der Waals surface area contributed by atoms with E-state index in [1.165, 1.54) is 30.5 Å². The Kier molecular flexibility index (Phi) is 5.99. The van der Waals surface area contributed by atoms with Gasteiger partial charge in [-0.25, -0.2) is 9.18 Å². The SMILES string of the molecule is CC(OC(=O)N1CC[C@@H](n2cc(C(N)=O)c(Nc3ccc(F)cc3)n2)[C@H](C#N)C1)C1CC1. The third kappa shape index (κ3) is 4.66. The maximum absolute atomic E-state index is 13.2. The minimum absolute atomic E-state index is 0.120. The molecule has 0 spiro atoms. The summed E-state index contributed by atoms with van der Waals surface area (Å²) < 4.78 is 20.3. The zero-order chi connectivity index (χ0) is 22.8. The van der Waals surface area contributed by atoms with Crippen molar-refractivity contribution in [3.63, 3.8) is 0 Å². The van der Waals surface area contributed by atoms with Crippen molar-refractivity contribution in [3.05, 3.63) is 41.8 Å². The van der Waals surface area contributed by atoms with E-state index in [0.29, 0.717) is 24.6 Å². The molecular formula is C22H25FN6O3. The van der Waals surface area contributed by atoms with Gasteiger partial charge in [0.2, 0.25) is 0 Å². The van der Waals surface area contributed by atoms with E-state index in [1.807, 2.05) is 6.92 Å². The summed E-state index contributed by atoms with van der Waals surface area (Å²) in [6, 6.07) is 7.52. The van der Waals surface area contributed by atoms with Gasteiger partial charge in [-0.2, -0.15) is 10.4 Å². The number of carbonyl (C=O) groups is 2. The first kappa shape index (κ1) is 21.6. The maximum atomic E-state index is 13.2. The van der Waals surface area contributed by atoms with E-state index >= 15 is 0 Å². The molecule has 1 saturated carbocycles. The van der Waals surface area contributed by atoms with Crippen LogP contribution in [-0.2, 0) is 4.74 Å². The van der Waals surface area contributed by atoms with Crippen LogP contribution in [0.4, 0.5) is 20.7 Å². The number of primary amides is 1. The van der Waals surface area contributed by atoms with Gasteiger partial charge >= 0.3 is 6.09 Å². The topological polar surface area (TPSA) is 126 Å². The van der Waals surface area contributed by atoms with E-state index in [4.69, 9.17) is 10.5 Å². The fourth-order valence-electron chi connectivity index (χ4n) is 3.95. The number of rotatable bonds is 6. The molecule has 2 aromatic rings. The maximum Gasteiger partial charge on any atom is 0.410 e. The van der Waals surface area contributed by atoms with Gasteiger partial charge in [-0.15, -0.1) is 0 Å². The highest BCUT2D eigenvalue weighted by atomic mass is 19.1. The van der Waals surface area contributed by atoms with E-state index in [2.05, 4.69) is 16.5 Å². The van der Waals surface area contributed by atoms with Gasteiger partial charge in [-0.3, -0.25) is 9.48 Å². The van der Waals surface area contributed by atoms with Crippen LogP contribution in [-0.4, -0.2) is 45.9 Å². The van der Waals surface area contributed by atoms with Gasteiger partial charge < -0.3 is 20.7 Å². The van der Waals surface area contributed by atoms with Gasteiger partial charge in [-0.1, -0.05) is 0 Å². The molecular weight excluding hydrogens is 415 g/mol. The lowest BCUT2D eigenvalue weighted by Crippen LogP contribution is -2.45. The van der Waals surface area contributed by atoms with E-state index in [1.54, 1.807) is 9.58 Å². The predicted octanol–water partition coefficient (Wildman–Crippen LogP) is 3.19. The second-order valence-corrected chi connectivity index (χ2v) is 8.33. The molecule has 2 aliphatic rings. The number of hydrogen-bond acceptors (Lipinski definition) is 6. The number of hydrogen-bond donors (Lipinski definition) is 2. The summed E-state index contributed by atoms with van der Waals surface area (Å²) in [5, 5.41) is 17.2. The molecule has 2 amide bonds. The molecule has 168 valence electrons. The number of halogens is 1. The molecule has 0 radical (unpaired) electrons. The molecule has 1 aliphatic heterocycles. The van der Waals surface area contributed by atoms with Gasteiger partial charge in [0.25, 0.3) is 5.91 Å². The number of nitrogens with two attached hydrogens (primary N) is 1. The van der Waals surface area contributed by atoms with Crippen molar-refractivity contribution in [1.82, 2.24) is 14.7 Å². The average Bonchev–Trinajstić information content (AvgIpc) is 3.55. The number of likely N-dealkylation sites (tertiary alicyclic amines) is 1. The molecule has 1 aromatic carbocycles. The molecule has 0 bridgehead atoms. The first-order valence-corrected chi connectivity index (χ1v) is 10.6. The number of amides is 2. The number of nitrogens with one attached hydrogen (secondary N) is 1. The van der Waals surface area contributed by atoms with Gasteiger partial charge in [0.1, 0.15) is 17.5 Å². The molecule has 9 nitrogen and oxygen atoms in total. The van der Waals surface area contributed by atoms with Crippen LogP contribution < -0.4 is 11.1 Å². The summed E-state index contributed by atoms with van der Waals surface area (Å²) in [6.45, 7) is 2.52. The van der Waals surface area contributed by atoms with Crippen LogP contribution in [0.3, 0.4) is 0 Å². The van der Waals surface area contributed by atoms with Crippen molar-refractivity contribution in [2.75, 3.05) is 18.4 Å². The Balaban J connectivity index is 1.49. The Hall–Kier alpha value is -3.61. The normalized spacial score (nSPS) is 21.5. The first-order chi connectivity index (χ1) is 15.4. The van der Waals surface area contributed by atoms with Crippen molar-refractivity contribution in [1.29, 1.82) is 5.26 Å². The van der Waals surface area contributed by atoms with Crippen molar-refractivity contribution < 1.29 is 18.7 Å². The van der Waals surface area contributed by atoms with Crippen LogP contribution in [0.15, 0.2) is 30.5 Å². The van der Waals surface area contributed by atoms with Gasteiger partial charge in [0, 0.05) is 25.0 Å². The fraction of sp³-hybridized carbons (Fsp3) is 0.455. The Morgan fingerprint density at radius 1 is 1.31 bits per heavy atom.